The van der Waals surface area contributed by atoms with E-state index in [2.05, 4.69) is 15.3 Å². The molecule has 0 aliphatic carbocycles. The predicted octanol–water partition coefficient (Wildman–Crippen LogP) is 1.64. The highest BCUT2D eigenvalue weighted by atomic mass is 127. The van der Waals surface area contributed by atoms with E-state index >= 15 is 0 Å². The quantitative estimate of drug-likeness (QED) is 0.741. The summed E-state index contributed by atoms with van der Waals surface area (Å²) in [5.41, 5.74) is 0.572. The smallest absolute Gasteiger partial charge is 0.280 e. The summed E-state index contributed by atoms with van der Waals surface area (Å²) in [4.78, 5) is 3.98. The molecule has 0 atom stereocenters. The summed E-state index contributed by atoms with van der Waals surface area (Å²) in [5, 5.41) is 7.35. The molecule has 2 aromatic heterocycles. The van der Waals surface area contributed by atoms with Crippen molar-refractivity contribution >= 4 is 22.6 Å². The number of nitrogens with zero attached hydrogens (tertiary/aromatic N) is 3. The maximum absolute atomic E-state index is 4.87. The lowest BCUT2D eigenvalue weighted by Gasteiger charge is -1.77. The van der Waals surface area contributed by atoms with Gasteiger partial charge in [0.1, 0.15) is 5.76 Å². The summed E-state index contributed by atoms with van der Waals surface area (Å²) >= 11 is 1.96. The third-order valence-corrected chi connectivity index (χ3v) is 1.69. The van der Waals surface area contributed by atoms with Crippen molar-refractivity contribution in [2.24, 2.45) is 0 Å². The van der Waals surface area contributed by atoms with Crippen molar-refractivity contribution in [3.8, 4) is 11.6 Å². The van der Waals surface area contributed by atoms with Crippen molar-refractivity contribution in [1.29, 1.82) is 0 Å². The van der Waals surface area contributed by atoms with Gasteiger partial charge in [-0.2, -0.15) is 4.98 Å². The Kier molecular flexibility index (Phi) is 1.83. The third kappa shape index (κ3) is 1.33. The minimum Gasteiger partial charge on any atom is -0.361 e. The lowest BCUT2D eigenvalue weighted by Crippen LogP contribution is -1.75. The SMILES string of the molecule is Cc1cc(-c2nc(I)no2)no1. The minimum absolute atomic E-state index is 0.385. The second-order valence-electron chi connectivity index (χ2n) is 2.19. The van der Waals surface area contributed by atoms with Crippen LogP contribution in [0.2, 0.25) is 0 Å². The van der Waals surface area contributed by atoms with Gasteiger partial charge in [-0.25, -0.2) is 0 Å². The van der Waals surface area contributed by atoms with E-state index in [0.29, 0.717) is 15.4 Å². The fourth-order valence-corrected chi connectivity index (χ4v) is 1.09. The highest BCUT2D eigenvalue weighted by Crippen LogP contribution is 2.16. The summed E-state index contributed by atoms with van der Waals surface area (Å²) in [6.45, 7) is 1.80. The van der Waals surface area contributed by atoms with Crippen LogP contribution in [0.15, 0.2) is 15.1 Å². The fraction of sp³-hybridized carbons (Fsp3) is 0.167. The molecule has 5 nitrogen and oxygen atoms in total. The lowest BCUT2D eigenvalue weighted by molar-refractivity contribution is 0.389. The van der Waals surface area contributed by atoms with Gasteiger partial charge in [0, 0.05) is 28.7 Å². The van der Waals surface area contributed by atoms with E-state index in [4.69, 9.17) is 9.05 Å². The average Bonchev–Trinajstić information content (AvgIpc) is 2.58. The molecular formula is C6H4IN3O2. The molecule has 12 heavy (non-hydrogen) atoms. The largest absolute Gasteiger partial charge is 0.361 e. The van der Waals surface area contributed by atoms with Gasteiger partial charge in [-0.1, -0.05) is 10.3 Å². The summed E-state index contributed by atoms with van der Waals surface area (Å²) in [6.07, 6.45) is 0. The van der Waals surface area contributed by atoms with Gasteiger partial charge in [-0.3, -0.25) is 0 Å². The van der Waals surface area contributed by atoms with Gasteiger partial charge in [0.15, 0.2) is 5.69 Å². The number of rotatable bonds is 1. The Morgan fingerprint density at radius 3 is 2.67 bits per heavy atom. The standard InChI is InChI=1S/C6H4IN3O2/c1-3-2-4(9-11-3)5-8-6(7)10-12-5/h2H,1H3. The molecule has 2 heterocycles. The van der Waals surface area contributed by atoms with E-state index in [-0.39, 0.29) is 0 Å². The van der Waals surface area contributed by atoms with Crippen LogP contribution >= 0.6 is 22.6 Å². The summed E-state index contributed by atoms with van der Waals surface area (Å²) < 4.78 is 10.3. The van der Waals surface area contributed by atoms with Crippen LogP contribution in [-0.4, -0.2) is 15.3 Å². The normalized spacial score (nSPS) is 10.5. The Morgan fingerprint density at radius 2 is 2.17 bits per heavy atom. The molecule has 2 rings (SSSR count). The van der Waals surface area contributed by atoms with E-state index in [9.17, 15) is 0 Å². The highest BCUT2D eigenvalue weighted by molar-refractivity contribution is 14.1. The molecular weight excluding hydrogens is 273 g/mol. The minimum atomic E-state index is 0.385. The molecule has 0 fully saturated rings. The lowest BCUT2D eigenvalue weighted by atomic mass is 10.4. The molecule has 0 spiro atoms. The Bertz CT molecular complexity index is 357. The molecule has 0 N–H and O–H groups in total. The first-order valence-corrected chi connectivity index (χ1v) is 4.26. The zero-order valence-electron chi connectivity index (χ0n) is 6.11. The average molecular weight is 277 g/mol. The molecule has 0 aliphatic rings. The Morgan fingerprint density at radius 1 is 1.33 bits per heavy atom. The molecule has 0 aromatic carbocycles. The van der Waals surface area contributed by atoms with Gasteiger partial charge in [0.2, 0.25) is 3.83 Å². The van der Waals surface area contributed by atoms with Gasteiger partial charge >= 0.3 is 0 Å². The Balaban J connectivity index is 2.43. The van der Waals surface area contributed by atoms with Crippen molar-refractivity contribution < 1.29 is 9.05 Å². The maximum atomic E-state index is 4.87. The van der Waals surface area contributed by atoms with Crippen LogP contribution in [0.5, 0.6) is 0 Å². The first-order chi connectivity index (χ1) is 5.75. The van der Waals surface area contributed by atoms with Crippen LogP contribution in [0.1, 0.15) is 5.76 Å². The molecule has 0 saturated carbocycles. The second-order valence-corrected chi connectivity index (χ2v) is 3.16. The summed E-state index contributed by atoms with van der Waals surface area (Å²) in [7, 11) is 0. The van der Waals surface area contributed by atoms with Gasteiger partial charge in [-0.05, 0) is 6.92 Å². The molecule has 0 unspecified atom stereocenters. The van der Waals surface area contributed by atoms with Crippen LogP contribution in [0.25, 0.3) is 11.6 Å². The van der Waals surface area contributed by atoms with Crippen LogP contribution in [0, 0.1) is 10.8 Å². The highest BCUT2D eigenvalue weighted by Gasteiger charge is 2.10. The predicted molar refractivity (Wildman–Crippen MR) is 47.2 cm³/mol. The fourth-order valence-electron chi connectivity index (χ4n) is 0.777. The van der Waals surface area contributed by atoms with E-state index in [0.717, 1.165) is 5.76 Å². The van der Waals surface area contributed by atoms with Crippen molar-refractivity contribution in [2.75, 3.05) is 0 Å². The van der Waals surface area contributed by atoms with Crippen molar-refractivity contribution in [3.05, 3.63) is 15.7 Å². The van der Waals surface area contributed by atoms with Crippen LogP contribution in [-0.2, 0) is 0 Å². The second kappa shape index (κ2) is 2.85. The number of hydrogen-bond acceptors (Lipinski definition) is 5. The number of hydrogen-bond donors (Lipinski definition) is 0. The van der Waals surface area contributed by atoms with Crippen LogP contribution in [0.3, 0.4) is 0 Å². The Hall–Kier alpha value is -0.920. The van der Waals surface area contributed by atoms with Gasteiger partial charge < -0.3 is 9.05 Å². The first kappa shape index (κ1) is 7.71. The van der Waals surface area contributed by atoms with Crippen LogP contribution in [0.4, 0.5) is 0 Å². The van der Waals surface area contributed by atoms with Gasteiger partial charge in [-0.15, -0.1) is 0 Å². The monoisotopic (exact) mass is 277 g/mol. The third-order valence-electron chi connectivity index (χ3n) is 1.25. The van der Waals surface area contributed by atoms with E-state index in [1.807, 2.05) is 22.6 Å². The zero-order valence-corrected chi connectivity index (χ0v) is 8.27. The maximum Gasteiger partial charge on any atom is 0.280 e. The van der Waals surface area contributed by atoms with Crippen LogP contribution < -0.4 is 0 Å². The van der Waals surface area contributed by atoms with E-state index in [1.165, 1.54) is 0 Å². The van der Waals surface area contributed by atoms with Crippen molar-refractivity contribution in [2.45, 2.75) is 6.92 Å². The Labute approximate surface area is 81.3 Å². The number of aryl methyl sites for hydroxylation is 1. The summed E-state index contributed by atoms with van der Waals surface area (Å²) in [5.74, 6) is 1.11. The van der Waals surface area contributed by atoms with Gasteiger partial charge in [0.05, 0.1) is 0 Å². The molecule has 62 valence electrons. The molecule has 0 bridgehead atoms. The molecule has 6 heteroatoms. The first-order valence-electron chi connectivity index (χ1n) is 3.18. The topological polar surface area (TPSA) is 65.0 Å². The molecule has 0 aliphatic heterocycles. The number of aromatic nitrogens is 3. The van der Waals surface area contributed by atoms with Gasteiger partial charge in [0.25, 0.3) is 5.89 Å². The molecule has 0 saturated heterocycles. The van der Waals surface area contributed by atoms with Crippen molar-refractivity contribution in [1.82, 2.24) is 15.3 Å². The van der Waals surface area contributed by atoms with E-state index < -0.39 is 0 Å². The summed E-state index contributed by atoms with van der Waals surface area (Å²) in [6, 6.07) is 1.74. The molecule has 0 amide bonds. The number of halogens is 1. The van der Waals surface area contributed by atoms with E-state index in [1.54, 1.807) is 13.0 Å². The zero-order chi connectivity index (χ0) is 8.55. The molecule has 2 aromatic rings. The van der Waals surface area contributed by atoms with Crippen molar-refractivity contribution in [3.63, 3.8) is 0 Å². The molecule has 0 radical (unpaired) electrons.